The Kier molecular flexibility index (Phi) is 9.19. The van der Waals surface area contributed by atoms with Crippen LogP contribution in [0, 0.1) is 0 Å². The molecular formula is C27H29N5O4. The lowest BCUT2D eigenvalue weighted by Gasteiger charge is -2.23. The number of ether oxygens (including phenoxy) is 1. The summed E-state index contributed by atoms with van der Waals surface area (Å²) in [5.41, 5.74) is 8.76. The van der Waals surface area contributed by atoms with E-state index in [1.54, 1.807) is 24.3 Å². The molecule has 1 aromatic heterocycles. The van der Waals surface area contributed by atoms with Gasteiger partial charge in [0.2, 0.25) is 0 Å². The zero-order valence-electron chi connectivity index (χ0n) is 20.2. The van der Waals surface area contributed by atoms with Crippen LogP contribution in [0.25, 0.3) is 10.9 Å². The number of nitrogens with one attached hydrogen (secondary N) is 3. The predicted octanol–water partition coefficient (Wildman–Crippen LogP) is 4.41. The fourth-order valence-corrected chi connectivity index (χ4v) is 3.70. The van der Waals surface area contributed by atoms with Gasteiger partial charge in [-0.1, -0.05) is 30.3 Å². The lowest BCUT2D eigenvalue weighted by atomic mass is 10.1. The first-order valence-corrected chi connectivity index (χ1v) is 11.2. The number of benzene rings is 3. The Morgan fingerprint density at radius 2 is 1.72 bits per heavy atom. The van der Waals surface area contributed by atoms with Crippen LogP contribution in [0.1, 0.15) is 15.9 Å². The number of nitrogens with zero attached hydrogens (tertiary/aromatic N) is 1. The number of rotatable bonds is 9. The lowest BCUT2D eigenvalue weighted by molar-refractivity contribution is -0.109. The number of hydrogen-bond donors (Lipinski definition) is 4. The number of aromatic amines is 1. The normalized spacial score (nSPS) is 10.1. The summed E-state index contributed by atoms with van der Waals surface area (Å²) in [4.78, 5) is 39.8. The van der Waals surface area contributed by atoms with Crippen molar-refractivity contribution in [2.24, 2.45) is 5.73 Å². The molecule has 36 heavy (non-hydrogen) atoms. The molecular weight excluding hydrogens is 458 g/mol. The molecule has 9 nitrogen and oxygen atoms in total. The highest BCUT2D eigenvalue weighted by Gasteiger charge is 2.14. The molecule has 4 aromatic rings. The van der Waals surface area contributed by atoms with Crippen molar-refractivity contribution in [3.8, 4) is 5.75 Å². The first-order chi connectivity index (χ1) is 17.6. The minimum absolute atomic E-state index is 0.127. The van der Waals surface area contributed by atoms with Gasteiger partial charge in [0.25, 0.3) is 0 Å². The summed E-state index contributed by atoms with van der Waals surface area (Å²) >= 11 is 0. The van der Waals surface area contributed by atoms with Crippen molar-refractivity contribution in [3.63, 3.8) is 0 Å². The van der Waals surface area contributed by atoms with E-state index in [0.29, 0.717) is 41.2 Å². The molecule has 2 amide bonds. The number of fused-ring (bicyclic) bond motifs is 1. The molecule has 0 aliphatic carbocycles. The highest BCUT2D eigenvalue weighted by molar-refractivity contribution is 6.01. The zero-order valence-corrected chi connectivity index (χ0v) is 20.2. The zero-order chi connectivity index (χ0) is 25.9. The van der Waals surface area contributed by atoms with Crippen molar-refractivity contribution in [2.75, 3.05) is 36.2 Å². The topological polar surface area (TPSA) is 130 Å². The molecule has 0 spiro atoms. The summed E-state index contributed by atoms with van der Waals surface area (Å²) in [5, 5.41) is 6.65. The third-order valence-electron chi connectivity index (χ3n) is 5.34. The molecule has 0 radical (unpaired) electrons. The molecule has 3 aromatic carbocycles. The van der Waals surface area contributed by atoms with Gasteiger partial charge in [-0.2, -0.15) is 0 Å². The molecule has 0 aliphatic heterocycles. The van der Waals surface area contributed by atoms with E-state index in [2.05, 4.69) is 21.4 Å². The Labute approximate surface area is 209 Å². The Bertz CT molecular complexity index is 1330. The summed E-state index contributed by atoms with van der Waals surface area (Å²) in [6.07, 6.45) is 3.33. The number of H-pyrrole nitrogens is 1. The second-order valence-corrected chi connectivity index (χ2v) is 7.69. The molecule has 0 atom stereocenters. The number of anilines is 3. The van der Waals surface area contributed by atoms with Gasteiger partial charge in [0.15, 0.2) is 6.29 Å². The lowest BCUT2D eigenvalue weighted by Crippen LogP contribution is -2.21. The van der Waals surface area contributed by atoms with Crippen molar-refractivity contribution in [2.45, 2.75) is 6.54 Å². The van der Waals surface area contributed by atoms with E-state index in [-0.39, 0.29) is 6.61 Å². The summed E-state index contributed by atoms with van der Waals surface area (Å²) in [6.45, 7) is 0.332. The van der Waals surface area contributed by atoms with Crippen molar-refractivity contribution in [3.05, 3.63) is 84.1 Å². The maximum absolute atomic E-state index is 12.5. The Morgan fingerprint density at radius 1 is 1.00 bits per heavy atom. The van der Waals surface area contributed by atoms with Crippen LogP contribution in [-0.4, -0.2) is 44.3 Å². The number of urea groups is 1. The third kappa shape index (κ3) is 6.49. The molecule has 0 fully saturated rings. The molecule has 0 saturated carbocycles. The molecule has 9 heteroatoms. The van der Waals surface area contributed by atoms with E-state index in [1.165, 1.54) is 7.05 Å². The van der Waals surface area contributed by atoms with Gasteiger partial charge in [-0.3, -0.25) is 9.59 Å². The number of carbonyl (C=O) groups excluding carboxylic acids is 3. The van der Waals surface area contributed by atoms with E-state index >= 15 is 0 Å². The SMILES string of the molecule is CN.CN(Cc1ccccc1C=O)c1ccc(NC(=O)Nc2ccc3cc[nH]c3c2)cc1OCC=O. The van der Waals surface area contributed by atoms with Crippen LogP contribution >= 0.6 is 0 Å². The van der Waals surface area contributed by atoms with Gasteiger partial charge in [-0.15, -0.1) is 0 Å². The smallest absolute Gasteiger partial charge is 0.323 e. The van der Waals surface area contributed by atoms with Crippen LogP contribution in [0.2, 0.25) is 0 Å². The maximum atomic E-state index is 12.5. The second kappa shape index (κ2) is 12.7. The van der Waals surface area contributed by atoms with Crippen LogP contribution in [0.15, 0.2) is 72.9 Å². The van der Waals surface area contributed by atoms with E-state index in [0.717, 1.165) is 22.8 Å². The number of amides is 2. The van der Waals surface area contributed by atoms with Gasteiger partial charge in [0, 0.05) is 48.3 Å². The molecule has 0 saturated heterocycles. The number of carbonyl (C=O) groups is 3. The largest absolute Gasteiger partial charge is 0.484 e. The van der Waals surface area contributed by atoms with Crippen molar-refractivity contribution >= 4 is 46.6 Å². The number of aldehydes is 2. The van der Waals surface area contributed by atoms with Crippen LogP contribution in [0.5, 0.6) is 5.75 Å². The van der Waals surface area contributed by atoms with Crippen LogP contribution in [0.4, 0.5) is 21.9 Å². The van der Waals surface area contributed by atoms with Gasteiger partial charge in [-0.05, 0) is 48.3 Å². The van der Waals surface area contributed by atoms with Crippen LogP contribution in [0.3, 0.4) is 0 Å². The highest BCUT2D eigenvalue weighted by atomic mass is 16.5. The van der Waals surface area contributed by atoms with Gasteiger partial charge in [-0.25, -0.2) is 4.79 Å². The number of aromatic nitrogens is 1. The standard InChI is InChI=1S/C26H24N4O4.CH5N/c1-30(16-19-4-2-3-5-20(19)17-32)24-9-8-22(15-25(24)34-13-12-31)29-26(33)28-21-7-6-18-10-11-27-23(18)14-21;1-2/h2-12,14-15,17,27H,13,16H2,1H3,(H2,28,29,33);2H2,1H3. The third-order valence-corrected chi connectivity index (χ3v) is 5.34. The van der Waals surface area contributed by atoms with E-state index in [4.69, 9.17) is 4.74 Å². The number of nitrogens with two attached hydrogens (primary N) is 1. The fraction of sp³-hybridized carbons (Fsp3) is 0.148. The molecule has 1 heterocycles. The van der Waals surface area contributed by atoms with Gasteiger partial charge in [0.05, 0.1) is 5.69 Å². The molecule has 0 unspecified atom stereocenters. The molecule has 0 aliphatic rings. The summed E-state index contributed by atoms with van der Waals surface area (Å²) in [5.74, 6) is 0.434. The average molecular weight is 488 g/mol. The van der Waals surface area contributed by atoms with Crippen molar-refractivity contribution in [1.82, 2.24) is 4.98 Å². The van der Waals surface area contributed by atoms with E-state index in [1.807, 2.05) is 60.6 Å². The summed E-state index contributed by atoms with van der Waals surface area (Å²) in [7, 11) is 3.36. The Balaban J connectivity index is 0.00000176. The quantitative estimate of drug-likeness (QED) is 0.259. The summed E-state index contributed by atoms with van der Waals surface area (Å²) < 4.78 is 5.63. The maximum Gasteiger partial charge on any atom is 0.323 e. The number of hydrogen-bond acceptors (Lipinski definition) is 6. The molecule has 4 rings (SSSR count). The first kappa shape index (κ1) is 26.0. The van der Waals surface area contributed by atoms with Crippen LogP contribution < -0.4 is 26.0 Å². The Morgan fingerprint density at radius 3 is 2.47 bits per heavy atom. The van der Waals surface area contributed by atoms with Gasteiger partial charge < -0.3 is 31.0 Å². The average Bonchev–Trinajstić information content (AvgIpc) is 3.37. The first-order valence-electron chi connectivity index (χ1n) is 11.2. The predicted molar refractivity (Wildman–Crippen MR) is 143 cm³/mol. The molecule has 5 N–H and O–H groups in total. The highest BCUT2D eigenvalue weighted by Crippen LogP contribution is 2.32. The minimum Gasteiger partial charge on any atom is -0.484 e. The molecule has 186 valence electrons. The van der Waals surface area contributed by atoms with E-state index < -0.39 is 6.03 Å². The monoisotopic (exact) mass is 487 g/mol. The van der Waals surface area contributed by atoms with E-state index in [9.17, 15) is 14.4 Å². The van der Waals surface area contributed by atoms with Crippen molar-refractivity contribution < 1.29 is 19.1 Å². The fourth-order valence-electron chi connectivity index (χ4n) is 3.70. The van der Waals surface area contributed by atoms with Crippen molar-refractivity contribution in [1.29, 1.82) is 0 Å². The molecule has 0 bridgehead atoms. The summed E-state index contributed by atoms with van der Waals surface area (Å²) in [6, 6.07) is 19.7. The van der Waals surface area contributed by atoms with Gasteiger partial charge >= 0.3 is 6.03 Å². The Hall–Kier alpha value is -4.63. The van der Waals surface area contributed by atoms with Crippen LogP contribution in [-0.2, 0) is 11.3 Å². The van der Waals surface area contributed by atoms with Gasteiger partial charge in [0.1, 0.15) is 18.6 Å². The second-order valence-electron chi connectivity index (χ2n) is 7.69. The minimum atomic E-state index is -0.409.